The lowest BCUT2D eigenvalue weighted by molar-refractivity contribution is 0.664. The lowest BCUT2D eigenvalue weighted by atomic mass is 10.2. The van der Waals surface area contributed by atoms with E-state index in [4.69, 9.17) is 9.97 Å². The van der Waals surface area contributed by atoms with Crippen molar-refractivity contribution in [2.24, 2.45) is 0 Å². The van der Waals surface area contributed by atoms with Gasteiger partial charge in [-0.25, -0.2) is 14.6 Å². The molecule has 0 bridgehead atoms. The molecule has 0 aliphatic heterocycles. The van der Waals surface area contributed by atoms with E-state index in [0.29, 0.717) is 12.4 Å². The van der Waals surface area contributed by atoms with E-state index in [2.05, 4.69) is 34.7 Å². The molecule has 0 amide bonds. The van der Waals surface area contributed by atoms with Crippen LogP contribution in [0.5, 0.6) is 0 Å². The lowest BCUT2D eigenvalue weighted by Crippen LogP contribution is -2.07. The summed E-state index contributed by atoms with van der Waals surface area (Å²) in [6.07, 6.45) is 4.80. The smallest absolute Gasteiger partial charge is 0.184 e. The number of rotatable bonds is 9. The van der Waals surface area contributed by atoms with Crippen LogP contribution in [-0.4, -0.2) is 31.5 Å². The minimum Gasteiger partial charge on any atom is -0.368 e. The van der Waals surface area contributed by atoms with Crippen molar-refractivity contribution in [2.75, 3.05) is 11.9 Å². The molecule has 0 fully saturated rings. The van der Waals surface area contributed by atoms with Crippen LogP contribution in [0.2, 0.25) is 0 Å². The molecule has 2 heterocycles. The van der Waals surface area contributed by atoms with Gasteiger partial charge in [-0.3, -0.25) is 0 Å². The zero-order valence-electron chi connectivity index (χ0n) is 16.8. The quantitative estimate of drug-likeness (QED) is 0.413. The monoisotopic (exact) mass is 386 g/mol. The Morgan fingerprint density at radius 2 is 1.62 bits per heavy atom. The van der Waals surface area contributed by atoms with Gasteiger partial charge in [0.25, 0.3) is 0 Å². The molecule has 4 rings (SSSR count). The molecule has 0 radical (unpaired) electrons. The minimum atomic E-state index is 0.624. The summed E-state index contributed by atoms with van der Waals surface area (Å²) in [6, 6.07) is 20.3. The van der Waals surface area contributed by atoms with E-state index >= 15 is 0 Å². The fourth-order valence-corrected chi connectivity index (χ4v) is 3.32. The number of nitrogens with zero attached hydrogens (tertiary/aromatic N) is 5. The molecule has 6 nitrogen and oxygen atoms in total. The van der Waals surface area contributed by atoms with Gasteiger partial charge in [0.15, 0.2) is 22.8 Å². The average molecular weight is 387 g/mol. The number of hydrogen-bond donors (Lipinski definition) is 1. The molecule has 148 valence electrons. The molecule has 0 saturated carbocycles. The third-order valence-corrected chi connectivity index (χ3v) is 4.89. The molecule has 0 unspecified atom stereocenters. The molecule has 29 heavy (non-hydrogen) atoms. The number of hydrogen-bond acceptors (Lipinski definition) is 5. The van der Waals surface area contributed by atoms with Crippen LogP contribution in [0, 0.1) is 0 Å². The Balaban J connectivity index is 1.68. The van der Waals surface area contributed by atoms with Gasteiger partial charge >= 0.3 is 0 Å². The summed E-state index contributed by atoms with van der Waals surface area (Å²) >= 11 is 0. The van der Waals surface area contributed by atoms with Gasteiger partial charge in [0.2, 0.25) is 0 Å². The van der Waals surface area contributed by atoms with Gasteiger partial charge in [-0.15, -0.1) is 5.10 Å². The third kappa shape index (κ3) is 4.59. The number of aromatic nitrogens is 5. The van der Waals surface area contributed by atoms with Crippen molar-refractivity contribution >= 4 is 17.0 Å². The third-order valence-electron chi connectivity index (χ3n) is 4.89. The minimum absolute atomic E-state index is 0.624. The van der Waals surface area contributed by atoms with Crippen molar-refractivity contribution in [1.82, 2.24) is 25.0 Å². The summed E-state index contributed by atoms with van der Waals surface area (Å²) in [5.74, 6) is 1.44. The molecule has 0 aliphatic carbocycles. The first-order valence-corrected chi connectivity index (χ1v) is 10.3. The van der Waals surface area contributed by atoms with Crippen LogP contribution in [0.1, 0.15) is 38.2 Å². The molecule has 0 aliphatic rings. The highest BCUT2D eigenvalue weighted by molar-refractivity contribution is 5.84. The van der Waals surface area contributed by atoms with Gasteiger partial charge in [0, 0.05) is 12.1 Å². The zero-order valence-corrected chi connectivity index (χ0v) is 16.8. The first-order chi connectivity index (χ1) is 14.3. The maximum atomic E-state index is 4.81. The first kappa shape index (κ1) is 19.1. The second-order valence-corrected chi connectivity index (χ2v) is 7.15. The fourth-order valence-electron chi connectivity index (χ4n) is 3.32. The normalized spacial score (nSPS) is 11.1. The first-order valence-electron chi connectivity index (χ1n) is 10.3. The highest BCUT2D eigenvalue weighted by atomic mass is 15.4. The summed E-state index contributed by atoms with van der Waals surface area (Å²) in [6.45, 7) is 3.71. The number of benzene rings is 2. The standard InChI is InChI=1S/C23H26N6/c1-2-3-4-11-16-24-22-20-23(26-21(25-22)19-14-9-6-10-15-19)29(28-27-20)17-18-12-7-5-8-13-18/h5-10,12-15H,2-4,11,16-17H2,1H3,(H,24,25,26). The van der Waals surface area contributed by atoms with Crippen LogP contribution < -0.4 is 5.32 Å². The van der Waals surface area contributed by atoms with Crippen LogP contribution >= 0.6 is 0 Å². The largest absolute Gasteiger partial charge is 0.368 e. The van der Waals surface area contributed by atoms with Crippen LogP contribution in [0.4, 0.5) is 5.82 Å². The predicted molar refractivity (Wildman–Crippen MR) is 117 cm³/mol. The van der Waals surface area contributed by atoms with E-state index in [1.807, 2.05) is 53.2 Å². The molecular formula is C23H26N6. The average Bonchev–Trinajstić information content (AvgIpc) is 3.17. The Kier molecular flexibility index (Phi) is 6.10. The molecule has 0 spiro atoms. The summed E-state index contributed by atoms with van der Waals surface area (Å²) in [4.78, 5) is 9.58. The van der Waals surface area contributed by atoms with Gasteiger partial charge in [0.1, 0.15) is 0 Å². The Hall–Kier alpha value is -3.28. The van der Waals surface area contributed by atoms with Crippen molar-refractivity contribution in [2.45, 2.75) is 39.2 Å². The predicted octanol–water partition coefficient (Wildman–Crippen LogP) is 4.93. The second-order valence-electron chi connectivity index (χ2n) is 7.15. The maximum absolute atomic E-state index is 4.81. The Bertz CT molecular complexity index is 1040. The van der Waals surface area contributed by atoms with Gasteiger partial charge in [-0.05, 0) is 12.0 Å². The molecule has 2 aromatic heterocycles. The van der Waals surface area contributed by atoms with Gasteiger partial charge in [0.05, 0.1) is 6.54 Å². The zero-order chi connectivity index (χ0) is 19.9. The molecule has 1 N–H and O–H groups in total. The number of anilines is 1. The molecule has 0 saturated heterocycles. The van der Waals surface area contributed by atoms with E-state index in [1.54, 1.807) is 0 Å². The number of fused-ring (bicyclic) bond motifs is 1. The van der Waals surface area contributed by atoms with Crippen LogP contribution in [0.15, 0.2) is 60.7 Å². The van der Waals surface area contributed by atoms with Gasteiger partial charge < -0.3 is 5.32 Å². The molecule has 0 atom stereocenters. The second kappa shape index (κ2) is 9.28. The maximum Gasteiger partial charge on any atom is 0.184 e. The van der Waals surface area contributed by atoms with Crippen LogP contribution in [0.3, 0.4) is 0 Å². The Labute approximate surface area is 171 Å². The van der Waals surface area contributed by atoms with Crippen molar-refractivity contribution in [3.63, 3.8) is 0 Å². The summed E-state index contributed by atoms with van der Waals surface area (Å²) in [5.41, 5.74) is 3.61. The van der Waals surface area contributed by atoms with E-state index in [-0.39, 0.29) is 0 Å². The molecular weight excluding hydrogens is 360 g/mol. The number of unbranched alkanes of at least 4 members (excludes halogenated alkanes) is 3. The fraction of sp³-hybridized carbons (Fsp3) is 0.304. The Morgan fingerprint density at radius 3 is 2.38 bits per heavy atom. The van der Waals surface area contributed by atoms with E-state index < -0.39 is 0 Å². The summed E-state index contributed by atoms with van der Waals surface area (Å²) < 4.78 is 1.85. The van der Waals surface area contributed by atoms with Gasteiger partial charge in [-0.2, -0.15) is 0 Å². The molecule has 4 aromatic rings. The van der Waals surface area contributed by atoms with Crippen LogP contribution in [0.25, 0.3) is 22.6 Å². The number of nitrogens with one attached hydrogen (secondary N) is 1. The van der Waals surface area contributed by atoms with Crippen molar-refractivity contribution in [3.8, 4) is 11.4 Å². The topological polar surface area (TPSA) is 68.5 Å². The van der Waals surface area contributed by atoms with Gasteiger partial charge in [-0.1, -0.05) is 92.1 Å². The lowest BCUT2D eigenvalue weighted by Gasteiger charge is -2.09. The van der Waals surface area contributed by atoms with Crippen molar-refractivity contribution in [3.05, 3.63) is 66.2 Å². The SMILES string of the molecule is CCCCCCNc1nc(-c2ccccc2)nc2c1nnn2Cc1ccccc1. The van der Waals surface area contributed by atoms with Crippen molar-refractivity contribution in [1.29, 1.82) is 0 Å². The van der Waals surface area contributed by atoms with Crippen molar-refractivity contribution < 1.29 is 0 Å². The highest BCUT2D eigenvalue weighted by Gasteiger charge is 2.15. The molecule has 2 aromatic carbocycles. The van der Waals surface area contributed by atoms with E-state index in [9.17, 15) is 0 Å². The van der Waals surface area contributed by atoms with E-state index in [1.165, 1.54) is 19.3 Å². The molecule has 6 heteroatoms. The highest BCUT2D eigenvalue weighted by Crippen LogP contribution is 2.24. The summed E-state index contributed by atoms with van der Waals surface area (Å²) in [7, 11) is 0. The Morgan fingerprint density at radius 1 is 0.862 bits per heavy atom. The van der Waals surface area contributed by atoms with E-state index in [0.717, 1.165) is 41.1 Å². The van der Waals surface area contributed by atoms with Crippen LogP contribution in [-0.2, 0) is 6.54 Å². The summed E-state index contributed by atoms with van der Waals surface area (Å²) in [5, 5.41) is 12.2.